The lowest BCUT2D eigenvalue weighted by Gasteiger charge is -2.16. The number of hydrogen-bond acceptors (Lipinski definition) is 5. The van der Waals surface area contributed by atoms with E-state index in [1.165, 1.54) is 18.2 Å². The second kappa shape index (κ2) is 7.00. The van der Waals surface area contributed by atoms with Crippen LogP contribution < -0.4 is 4.74 Å². The molecule has 1 atom stereocenters. The lowest BCUT2D eigenvalue weighted by molar-refractivity contribution is -0.137. The fraction of sp³-hybridized carbons (Fsp3) is 0.263. The van der Waals surface area contributed by atoms with Crippen LogP contribution in [-0.4, -0.2) is 25.7 Å². The van der Waals surface area contributed by atoms with E-state index >= 15 is 0 Å². The molecule has 1 aliphatic rings. The monoisotopic (exact) mass is 389 g/mol. The van der Waals surface area contributed by atoms with Crippen molar-refractivity contribution in [2.45, 2.75) is 30.1 Å². The van der Waals surface area contributed by atoms with Crippen LogP contribution in [0, 0.1) is 17.1 Å². The minimum Gasteiger partial charge on any atom is -0.481 e. The summed E-state index contributed by atoms with van der Waals surface area (Å²) < 4.78 is 43.7. The Hall–Kier alpha value is -2.92. The molecule has 0 fully saturated rings. The Kier molecular flexibility index (Phi) is 4.89. The van der Waals surface area contributed by atoms with Gasteiger partial charge in [0.1, 0.15) is 17.3 Å². The molecule has 27 heavy (non-hydrogen) atoms. The number of sulfone groups is 1. The third-order valence-corrected chi connectivity index (χ3v) is 5.63. The normalized spacial score (nSPS) is 15.8. The highest BCUT2D eigenvalue weighted by Gasteiger charge is 2.32. The van der Waals surface area contributed by atoms with E-state index in [0.29, 0.717) is 29.7 Å². The number of carbonyl (C=O) groups is 1. The van der Waals surface area contributed by atoms with Crippen molar-refractivity contribution < 1.29 is 27.4 Å². The molecule has 0 amide bonds. The maximum Gasteiger partial charge on any atom is 0.303 e. The number of nitrogens with zero attached hydrogens (tertiary/aromatic N) is 1. The SMILES string of the molecule is CS(=O)(=O)c1ccc(Oc2cc(F)cc(C#N)c2)c2c1[C@@H](CC(=O)O)CC2. The number of rotatable bonds is 5. The second-order valence-electron chi connectivity index (χ2n) is 6.45. The molecule has 2 aromatic rings. The summed E-state index contributed by atoms with van der Waals surface area (Å²) in [5, 5.41) is 18.1. The van der Waals surface area contributed by atoms with E-state index in [4.69, 9.17) is 15.1 Å². The first-order valence-electron chi connectivity index (χ1n) is 8.15. The molecule has 0 bridgehead atoms. The Balaban J connectivity index is 2.09. The minimum atomic E-state index is -3.56. The van der Waals surface area contributed by atoms with E-state index in [9.17, 15) is 17.6 Å². The van der Waals surface area contributed by atoms with Crippen molar-refractivity contribution in [1.82, 2.24) is 0 Å². The van der Waals surface area contributed by atoms with Gasteiger partial charge in [-0.2, -0.15) is 5.26 Å². The molecule has 0 saturated carbocycles. The van der Waals surface area contributed by atoms with Crippen LogP contribution in [0.2, 0.25) is 0 Å². The Morgan fingerprint density at radius 3 is 2.74 bits per heavy atom. The smallest absolute Gasteiger partial charge is 0.303 e. The summed E-state index contributed by atoms with van der Waals surface area (Å²) in [4.78, 5) is 11.2. The van der Waals surface area contributed by atoms with E-state index < -0.39 is 27.5 Å². The highest BCUT2D eigenvalue weighted by molar-refractivity contribution is 7.90. The van der Waals surface area contributed by atoms with Gasteiger partial charge in [-0.25, -0.2) is 12.8 Å². The molecular weight excluding hydrogens is 373 g/mol. The van der Waals surface area contributed by atoms with Crippen LogP contribution in [0.15, 0.2) is 35.2 Å². The molecule has 3 rings (SSSR count). The summed E-state index contributed by atoms with van der Waals surface area (Å²) in [6.45, 7) is 0. The van der Waals surface area contributed by atoms with Crippen molar-refractivity contribution in [2.75, 3.05) is 6.26 Å². The Labute approximate surface area is 155 Å². The molecule has 0 aromatic heterocycles. The van der Waals surface area contributed by atoms with Crippen molar-refractivity contribution >= 4 is 15.8 Å². The van der Waals surface area contributed by atoms with E-state index in [1.54, 1.807) is 0 Å². The molecule has 0 spiro atoms. The van der Waals surface area contributed by atoms with Gasteiger partial charge in [0.2, 0.25) is 0 Å². The van der Waals surface area contributed by atoms with Crippen molar-refractivity contribution in [1.29, 1.82) is 5.26 Å². The lowest BCUT2D eigenvalue weighted by Crippen LogP contribution is -2.09. The zero-order valence-electron chi connectivity index (χ0n) is 14.4. The first-order valence-corrected chi connectivity index (χ1v) is 10.0. The topological polar surface area (TPSA) is 104 Å². The molecular formula is C19H16FNO5S. The van der Waals surface area contributed by atoms with Gasteiger partial charge in [-0.1, -0.05) is 0 Å². The number of carboxylic acids is 1. The molecule has 140 valence electrons. The van der Waals surface area contributed by atoms with Gasteiger partial charge in [0, 0.05) is 12.3 Å². The Morgan fingerprint density at radius 2 is 2.11 bits per heavy atom. The predicted octanol–water partition coefficient (Wildman–Crippen LogP) is 3.40. The molecule has 6 nitrogen and oxygen atoms in total. The second-order valence-corrected chi connectivity index (χ2v) is 8.43. The van der Waals surface area contributed by atoms with Crippen LogP contribution >= 0.6 is 0 Å². The van der Waals surface area contributed by atoms with Gasteiger partial charge in [0.05, 0.1) is 22.9 Å². The predicted molar refractivity (Wildman–Crippen MR) is 94.1 cm³/mol. The van der Waals surface area contributed by atoms with Crippen LogP contribution in [0.1, 0.15) is 35.4 Å². The van der Waals surface area contributed by atoms with Gasteiger partial charge in [-0.3, -0.25) is 4.79 Å². The average molecular weight is 389 g/mol. The molecule has 0 heterocycles. The molecule has 8 heteroatoms. The highest BCUT2D eigenvalue weighted by Crippen LogP contribution is 2.45. The number of hydrogen-bond donors (Lipinski definition) is 1. The van der Waals surface area contributed by atoms with Crippen molar-refractivity contribution in [3.63, 3.8) is 0 Å². The third kappa shape index (κ3) is 3.93. The summed E-state index contributed by atoms with van der Waals surface area (Å²) in [5.41, 5.74) is 1.15. The van der Waals surface area contributed by atoms with Crippen LogP contribution in [0.25, 0.3) is 0 Å². The number of nitriles is 1. The van der Waals surface area contributed by atoms with E-state index in [0.717, 1.165) is 18.4 Å². The van der Waals surface area contributed by atoms with Crippen molar-refractivity contribution in [3.05, 3.63) is 52.8 Å². The van der Waals surface area contributed by atoms with Crippen LogP contribution in [0.3, 0.4) is 0 Å². The lowest BCUT2D eigenvalue weighted by atomic mass is 9.97. The van der Waals surface area contributed by atoms with Gasteiger partial charge >= 0.3 is 5.97 Å². The van der Waals surface area contributed by atoms with E-state index in [2.05, 4.69) is 0 Å². The Bertz CT molecular complexity index is 1070. The number of carboxylic acid groups (broad SMARTS) is 1. The van der Waals surface area contributed by atoms with E-state index in [-0.39, 0.29) is 22.6 Å². The molecule has 2 aromatic carbocycles. The molecule has 1 aliphatic carbocycles. The molecule has 0 radical (unpaired) electrons. The third-order valence-electron chi connectivity index (χ3n) is 4.47. The van der Waals surface area contributed by atoms with Crippen LogP contribution in [0.5, 0.6) is 11.5 Å². The standard InChI is InChI=1S/C19H16FNO5S/c1-27(24,25)17-5-4-16(15-3-2-12(19(15)17)8-18(22)23)26-14-7-11(10-21)6-13(20)9-14/h4-7,9,12H,2-3,8H2,1H3,(H,22,23)/t12-/m1/s1. The summed E-state index contributed by atoms with van der Waals surface area (Å²) in [7, 11) is -3.56. The Morgan fingerprint density at radius 1 is 1.37 bits per heavy atom. The average Bonchev–Trinajstić information content (AvgIpc) is 2.97. The van der Waals surface area contributed by atoms with Gasteiger partial charge in [0.15, 0.2) is 9.84 Å². The molecule has 0 saturated heterocycles. The van der Waals surface area contributed by atoms with Gasteiger partial charge in [0.25, 0.3) is 0 Å². The molecule has 1 N–H and O–H groups in total. The largest absolute Gasteiger partial charge is 0.481 e. The van der Waals surface area contributed by atoms with Gasteiger partial charge in [-0.15, -0.1) is 0 Å². The first-order chi connectivity index (χ1) is 12.7. The highest BCUT2D eigenvalue weighted by atomic mass is 32.2. The fourth-order valence-electron chi connectivity index (χ4n) is 3.44. The fourth-order valence-corrected chi connectivity index (χ4v) is 4.44. The van der Waals surface area contributed by atoms with Gasteiger partial charge in [-0.05, 0) is 54.2 Å². The summed E-state index contributed by atoms with van der Waals surface area (Å²) >= 11 is 0. The number of ether oxygens (including phenoxy) is 1. The quantitative estimate of drug-likeness (QED) is 0.840. The summed E-state index contributed by atoms with van der Waals surface area (Å²) in [6.07, 6.45) is 1.83. The minimum absolute atomic E-state index is 0.0885. The van der Waals surface area contributed by atoms with Crippen molar-refractivity contribution in [2.24, 2.45) is 0 Å². The van der Waals surface area contributed by atoms with Gasteiger partial charge < -0.3 is 9.84 Å². The zero-order valence-corrected chi connectivity index (χ0v) is 15.2. The van der Waals surface area contributed by atoms with Crippen LogP contribution in [0.4, 0.5) is 4.39 Å². The number of benzene rings is 2. The maximum absolute atomic E-state index is 13.6. The number of halogens is 1. The van der Waals surface area contributed by atoms with Crippen molar-refractivity contribution in [3.8, 4) is 17.6 Å². The first kappa shape index (κ1) is 18.9. The summed E-state index contributed by atoms with van der Waals surface area (Å²) in [5.74, 6) is -1.63. The summed E-state index contributed by atoms with van der Waals surface area (Å²) in [6, 6.07) is 8.29. The number of aliphatic carboxylic acids is 1. The zero-order chi connectivity index (χ0) is 19.8. The number of fused-ring (bicyclic) bond motifs is 1. The van der Waals surface area contributed by atoms with Crippen LogP contribution in [-0.2, 0) is 21.1 Å². The maximum atomic E-state index is 13.6. The molecule has 0 aliphatic heterocycles. The van der Waals surface area contributed by atoms with E-state index in [1.807, 2.05) is 6.07 Å². The molecule has 0 unspecified atom stereocenters.